The first-order valence-electron chi connectivity index (χ1n) is 7.66. The third-order valence-corrected chi connectivity index (χ3v) is 3.82. The van der Waals surface area contributed by atoms with Crippen LogP contribution in [-0.4, -0.2) is 40.0 Å². The van der Waals surface area contributed by atoms with Crippen molar-refractivity contribution in [1.29, 1.82) is 0 Å². The smallest absolute Gasteiger partial charge is 0.377 e. The second-order valence-corrected chi connectivity index (χ2v) is 5.56. The van der Waals surface area contributed by atoms with Crippen LogP contribution >= 0.6 is 0 Å². The molecule has 134 valence electrons. The normalized spacial score (nSPS) is 10.6. The Morgan fingerprint density at radius 1 is 1.19 bits per heavy atom. The highest BCUT2D eigenvalue weighted by Gasteiger charge is 2.23. The summed E-state index contributed by atoms with van der Waals surface area (Å²) in [5.74, 6) is -0.628. The number of hydrogen-bond acceptors (Lipinski definition) is 5. The molecule has 0 N–H and O–H groups in total. The molecule has 0 bridgehead atoms. The number of ether oxygens (including phenoxy) is 1. The highest BCUT2D eigenvalue weighted by molar-refractivity contribution is 5.92. The summed E-state index contributed by atoms with van der Waals surface area (Å²) in [4.78, 5) is 26.4. The van der Waals surface area contributed by atoms with Crippen LogP contribution in [0.5, 0.6) is 5.75 Å². The van der Waals surface area contributed by atoms with Gasteiger partial charge in [-0.1, -0.05) is 18.2 Å². The Kier molecular flexibility index (Phi) is 4.53. The number of rotatable bonds is 3. The van der Waals surface area contributed by atoms with Gasteiger partial charge in [0.25, 0.3) is 0 Å². The van der Waals surface area contributed by atoms with E-state index in [1.54, 1.807) is 18.2 Å². The van der Waals surface area contributed by atoms with Crippen molar-refractivity contribution < 1.29 is 13.9 Å². The van der Waals surface area contributed by atoms with Crippen molar-refractivity contribution in [3.8, 4) is 11.4 Å². The van der Waals surface area contributed by atoms with E-state index in [9.17, 15) is 14.0 Å². The van der Waals surface area contributed by atoms with Gasteiger partial charge in [0.2, 0.25) is 0 Å². The quantitative estimate of drug-likeness (QED) is 0.670. The predicted octanol–water partition coefficient (Wildman–Crippen LogP) is 1.99. The number of nitrogens with zero attached hydrogens (tertiary/aromatic N) is 5. The van der Waals surface area contributed by atoms with Crippen LogP contribution in [0.1, 0.15) is 5.56 Å². The first kappa shape index (κ1) is 17.3. The molecule has 9 heteroatoms. The third-order valence-electron chi connectivity index (χ3n) is 3.82. The molecule has 0 spiro atoms. The molecular formula is C17H16FN5O3. The molecule has 8 nitrogen and oxygen atoms in total. The number of tetrazole rings is 1. The number of hydrogen-bond donors (Lipinski definition) is 0. The van der Waals surface area contributed by atoms with Crippen LogP contribution in [0.15, 0.2) is 47.3 Å². The number of methoxy groups -OCH3 is 1. The van der Waals surface area contributed by atoms with Gasteiger partial charge < -0.3 is 4.74 Å². The van der Waals surface area contributed by atoms with E-state index >= 15 is 0 Å². The lowest BCUT2D eigenvalue weighted by molar-refractivity contribution is 0.245. The number of halogens is 1. The minimum atomic E-state index is -0.905. The van der Waals surface area contributed by atoms with Gasteiger partial charge in [0.05, 0.1) is 7.11 Å². The number of amides is 1. The molecule has 2 aromatic carbocycles. The zero-order valence-electron chi connectivity index (χ0n) is 14.4. The highest BCUT2D eigenvalue weighted by Crippen LogP contribution is 2.23. The predicted molar refractivity (Wildman–Crippen MR) is 92.5 cm³/mol. The summed E-state index contributed by atoms with van der Waals surface area (Å²) in [5, 5.41) is 7.20. The molecule has 3 rings (SSSR count). The molecule has 0 radical (unpaired) electrons. The van der Waals surface area contributed by atoms with Crippen molar-refractivity contribution in [1.82, 2.24) is 19.8 Å². The highest BCUT2D eigenvalue weighted by atomic mass is 19.1. The monoisotopic (exact) mass is 357 g/mol. The zero-order valence-corrected chi connectivity index (χ0v) is 14.4. The number of carbonyl (C=O) groups excluding carboxylic acids is 1. The van der Waals surface area contributed by atoms with E-state index in [4.69, 9.17) is 4.74 Å². The Labute approximate surface area is 148 Å². The second kappa shape index (κ2) is 6.79. The van der Waals surface area contributed by atoms with Crippen molar-refractivity contribution in [2.24, 2.45) is 0 Å². The molecule has 0 saturated carbocycles. The van der Waals surface area contributed by atoms with E-state index in [1.807, 2.05) is 13.0 Å². The van der Waals surface area contributed by atoms with Crippen molar-refractivity contribution in [2.45, 2.75) is 6.92 Å². The van der Waals surface area contributed by atoms with Gasteiger partial charge in [-0.3, -0.25) is 4.90 Å². The standard InChI is InChI=1S/C17H16FN5O3/c1-11-6-4-7-12(10-11)21(2)16(24)23-17(25)22(19-20-23)15-13(18)8-5-9-14(15)26-3/h4-10H,1-3H3. The maximum absolute atomic E-state index is 14.2. The molecule has 0 atom stereocenters. The molecule has 0 fully saturated rings. The lowest BCUT2D eigenvalue weighted by atomic mass is 10.2. The van der Waals surface area contributed by atoms with Crippen molar-refractivity contribution in [3.63, 3.8) is 0 Å². The fraction of sp³-hybridized carbons (Fsp3) is 0.176. The summed E-state index contributed by atoms with van der Waals surface area (Å²) in [7, 11) is 2.84. The van der Waals surface area contributed by atoms with Gasteiger partial charge in [0.1, 0.15) is 11.4 Å². The maximum atomic E-state index is 14.2. The summed E-state index contributed by atoms with van der Waals surface area (Å²) in [5.41, 5.74) is 0.421. The van der Waals surface area contributed by atoms with Crippen LogP contribution < -0.4 is 15.3 Å². The molecule has 0 aliphatic carbocycles. The second-order valence-electron chi connectivity index (χ2n) is 5.56. The average Bonchev–Trinajstić information content (AvgIpc) is 3.01. The van der Waals surface area contributed by atoms with Gasteiger partial charge in [-0.2, -0.15) is 4.68 Å². The van der Waals surface area contributed by atoms with Crippen LogP contribution in [0.3, 0.4) is 0 Å². The van der Waals surface area contributed by atoms with Crippen molar-refractivity contribution >= 4 is 11.7 Å². The van der Waals surface area contributed by atoms with E-state index in [0.29, 0.717) is 15.1 Å². The van der Waals surface area contributed by atoms with E-state index in [-0.39, 0.29) is 11.4 Å². The summed E-state index contributed by atoms with van der Waals surface area (Å²) in [6.07, 6.45) is 0. The van der Waals surface area contributed by atoms with E-state index in [0.717, 1.165) is 11.6 Å². The van der Waals surface area contributed by atoms with E-state index in [1.165, 1.54) is 31.2 Å². The number of anilines is 1. The van der Waals surface area contributed by atoms with Crippen molar-refractivity contribution in [2.75, 3.05) is 19.1 Å². The Morgan fingerprint density at radius 2 is 1.92 bits per heavy atom. The number of aryl methyl sites for hydroxylation is 1. The lowest BCUT2D eigenvalue weighted by Crippen LogP contribution is -2.39. The average molecular weight is 357 g/mol. The Hall–Kier alpha value is -3.49. The first-order chi connectivity index (χ1) is 12.4. The van der Waals surface area contributed by atoms with Crippen LogP contribution in [0.4, 0.5) is 14.9 Å². The van der Waals surface area contributed by atoms with Gasteiger partial charge >= 0.3 is 11.7 Å². The van der Waals surface area contributed by atoms with Crippen LogP contribution in [0.2, 0.25) is 0 Å². The fourth-order valence-corrected chi connectivity index (χ4v) is 2.46. The number of benzene rings is 2. The molecule has 0 aliphatic rings. The minimum Gasteiger partial charge on any atom is -0.494 e. The lowest BCUT2D eigenvalue weighted by Gasteiger charge is -2.16. The van der Waals surface area contributed by atoms with Gasteiger partial charge in [-0.15, -0.1) is 4.68 Å². The molecule has 1 amide bonds. The van der Waals surface area contributed by atoms with E-state index < -0.39 is 17.5 Å². The van der Waals surface area contributed by atoms with Crippen LogP contribution in [0.25, 0.3) is 5.69 Å². The number of para-hydroxylation sites is 1. The third kappa shape index (κ3) is 2.94. The molecule has 0 unspecified atom stereocenters. The van der Waals surface area contributed by atoms with Gasteiger partial charge in [0, 0.05) is 12.7 Å². The summed E-state index contributed by atoms with van der Waals surface area (Å²) >= 11 is 0. The van der Waals surface area contributed by atoms with Gasteiger partial charge in [0.15, 0.2) is 5.82 Å². The molecule has 3 aromatic rings. The largest absolute Gasteiger partial charge is 0.494 e. The molecular weight excluding hydrogens is 341 g/mol. The number of aromatic nitrogens is 4. The summed E-state index contributed by atoms with van der Waals surface area (Å²) < 4.78 is 20.5. The molecule has 26 heavy (non-hydrogen) atoms. The minimum absolute atomic E-state index is 0.0960. The zero-order chi connectivity index (χ0) is 18.8. The fourth-order valence-electron chi connectivity index (χ4n) is 2.46. The molecule has 0 saturated heterocycles. The van der Waals surface area contributed by atoms with E-state index in [2.05, 4.69) is 10.4 Å². The molecule has 1 aromatic heterocycles. The maximum Gasteiger partial charge on any atom is 0.377 e. The first-order valence-corrected chi connectivity index (χ1v) is 7.66. The molecule has 0 aliphatic heterocycles. The molecule has 1 heterocycles. The van der Waals surface area contributed by atoms with Gasteiger partial charge in [-0.25, -0.2) is 14.0 Å². The van der Waals surface area contributed by atoms with Crippen LogP contribution in [-0.2, 0) is 0 Å². The Bertz CT molecular complexity index is 1030. The Morgan fingerprint density at radius 3 is 2.62 bits per heavy atom. The van der Waals surface area contributed by atoms with Gasteiger partial charge in [-0.05, 0) is 47.2 Å². The Balaban J connectivity index is 2.03. The SMILES string of the molecule is COc1cccc(F)c1-n1nnn(C(=O)N(C)c2cccc(C)c2)c1=O. The topological polar surface area (TPSA) is 82.2 Å². The summed E-state index contributed by atoms with van der Waals surface area (Å²) in [6.45, 7) is 1.88. The summed E-state index contributed by atoms with van der Waals surface area (Å²) in [6, 6.07) is 10.5. The number of carbonyl (C=O) groups is 1. The van der Waals surface area contributed by atoms with Crippen LogP contribution in [0, 0.1) is 12.7 Å². The van der Waals surface area contributed by atoms with Crippen molar-refractivity contribution in [3.05, 3.63) is 64.3 Å².